The Labute approximate surface area is 395 Å². The molecule has 0 aromatic heterocycles. The van der Waals surface area contributed by atoms with Crippen molar-refractivity contribution in [1.82, 2.24) is 5.32 Å². The first-order valence-electron chi connectivity index (χ1n) is 26.3. The second-order valence-electron chi connectivity index (χ2n) is 18.9. The van der Waals surface area contributed by atoms with Gasteiger partial charge in [0.2, 0.25) is 5.91 Å². The number of phosphoric ester groups is 1. The lowest BCUT2D eigenvalue weighted by molar-refractivity contribution is -0.870. The zero-order chi connectivity index (χ0) is 47.1. The van der Waals surface area contributed by atoms with Crippen molar-refractivity contribution in [1.29, 1.82) is 0 Å². The van der Waals surface area contributed by atoms with Crippen LogP contribution in [-0.2, 0) is 18.4 Å². The van der Waals surface area contributed by atoms with E-state index in [1.54, 1.807) is 6.08 Å². The minimum atomic E-state index is -4.59. The number of carbonyl (C=O) groups excluding carboxylic acids is 1. The highest BCUT2D eigenvalue weighted by Crippen LogP contribution is 2.38. The first-order chi connectivity index (χ1) is 31.0. The average molecular weight is 917 g/mol. The fourth-order valence-corrected chi connectivity index (χ4v) is 7.95. The highest BCUT2D eigenvalue weighted by molar-refractivity contribution is 7.45. The third-order valence-corrected chi connectivity index (χ3v) is 12.4. The predicted octanol–water partition coefficient (Wildman–Crippen LogP) is 14.9. The van der Waals surface area contributed by atoms with Crippen LogP contribution in [0.1, 0.15) is 219 Å². The number of aliphatic hydroxyl groups excluding tert-OH is 1. The number of nitrogens with one attached hydrogen (secondary N) is 1. The summed E-state index contributed by atoms with van der Waals surface area (Å²) in [4.78, 5) is 25.4. The molecule has 1 amide bonds. The summed E-state index contributed by atoms with van der Waals surface area (Å²) >= 11 is 0. The van der Waals surface area contributed by atoms with Gasteiger partial charge in [0.05, 0.1) is 39.9 Å². The molecule has 8 nitrogen and oxygen atoms in total. The highest BCUT2D eigenvalue weighted by atomic mass is 31.2. The van der Waals surface area contributed by atoms with Crippen molar-refractivity contribution >= 4 is 13.7 Å². The average Bonchev–Trinajstić information content (AvgIpc) is 3.25. The van der Waals surface area contributed by atoms with Crippen LogP contribution in [0.3, 0.4) is 0 Å². The molecule has 0 heterocycles. The topological polar surface area (TPSA) is 108 Å². The van der Waals surface area contributed by atoms with Crippen LogP contribution in [0.5, 0.6) is 0 Å². The summed E-state index contributed by atoms with van der Waals surface area (Å²) in [6, 6.07) is -0.892. The standard InChI is InChI=1S/C55H101N2O6P/c1-6-8-10-12-14-16-18-20-21-22-23-24-25-26-27-28-29-30-31-32-33-34-35-37-39-41-43-45-47-49-55(59)56-53(52-63-64(60,61)62-51-50-57(3,4)5)54(58)48-46-44-42-40-38-36-19-17-15-13-11-9-7-2/h14,16,20-21,23-24,26-27,29-30,46,48,53-54,58H,6-13,15,17-19,22,25,28,31-45,47,49-52H2,1-5H3,(H-,56,59,60,61)/b16-14-,21-20-,24-23-,27-26-,30-29-,48-46+. The molecule has 3 atom stereocenters. The number of phosphoric acid groups is 1. The molecular weight excluding hydrogens is 816 g/mol. The van der Waals surface area contributed by atoms with E-state index in [-0.39, 0.29) is 19.1 Å². The number of nitrogens with zero attached hydrogens (tertiary/aromatic N) is 1. The highest BCUT2D eigenvalue weighted by Gasteiger charge is 2.23. The quantitative estimate of drug-likeness (QED) is 0.0272. The van der Waals surface area contributed by atoms with Crippen molar-refractivity contribution in [3.63, 3.8) is 0 Å². The van der Waals surface area contributed by atoms with E-state index in [1.165, 1.54) is 128 Å². The van der Waals surface area contributed by atoms with E-state index in [9.17, 15) is 19.4 Å². The Morgan fingerprint density at radius 1 is 0.547 bits per heavy atom. The van der Waals surface area contributed by atoms with E-state index in [4.69, 9.17) is 9.05 Å². The van der Waals surface area contributed by atoms with Crippen molar-refractivity contribution < 1.29 is 32.9 Å². The van der Waals surface area contributed by atoms with Gasteiger partial charge >= 0.3 is 0 Å². The van der Waals surface area contributed by atoms with Crippen molar-refractivity contribution in [2.75, 3.05) is 40.9 Å². The molecule has 0 aromatic carbocycles. The Morgan fingerprint density at radius 3 is 1.34 bits per heavy atom. The molecule has 0 bridgehead atoms. The number of carbonyl (C=O) groups is 1. The molecule has 0 spiro atoms. The van der Waals surface area contributed by atoms with Gasteiger partial charge in [-0.3, -0.25) is 9.36 Å². The van der Waals surface area contributed by atoms with Gasteiger partial charge in [0, 0.05) is 6.42 Å². The number of quaternary nitrogens is 1. The van der Waals surface area contributed by atoms with Crippen molar-refractivity contribution in [3.05, 3.63) is 72.9 Å². The largest absolute Gasteiger partial charge is 0.756 e. The summed E-state index contributed by atoms with van der Waals surface area (Å²) < 4.78 is 23.3. The van der Waals surface area contributed by atoms with Crippen molar-refractivity contribution in [2.24, 2.45) is 0 Å². The van der Waals surface area contributed by atoms with Gasteiger partial charge in [-0.05, 0) is 70.6 Å². The molecule has 64 heavy (non-hydrogen) atoms. The Balaban J connectivity index is 4.21. The zero-order valence-electron chi connectivity index (χ0n) is 42.2. The monoisotopic (exact) mass is 917 g/mol. The molecular formula is C55H101N2O6P. The van der Waals surface area contributed by atoms with Crippen LogP contribution in [0.15, 0.2) is 72.9 Å². The summed E-state index contributed by atoms with van der Waals surface area (Å²) in [6.07, 6.45) is 62.4. The molecule has 0 saturated carbocycles. The van der Waals surface area contributed by atoms with Gasteiger partial charge in [-0.2, -0.15) is 0 Å². The summed E-state index contributed by atoms with van der Waals surface area (Å²) in [5.74, 6) is -0.205. The zero-order valence-corrected chi connectivity index (χ0v) is 43.1. The van der Waals surface area contributed by atoms with Crippen LogP contribution in [0.4, 0.5) is 0 Å². The number of aliphatic hydroxyl groups is 1. The number of unbranched alkanes of at least 4 members (excludes halogenated alkanes) is 24. The smallest absolute Gasteiger partial charge is 0.268 e. The van der Waals surface area contributed by atoms with Gasteiger partial charge in [-0.1, -0.05) is 215 Å². The van der Waals surface area contributed by atoms with E-state index in [0.717, 1.165) is 70.6 Å². The predicted molar refractivity (Wildman–Crippen MR) is 274 cm³/mol. The molecule has 0 aliphatic heterocycles. The Hall–Kier alpha value is -2.06. The number of hydrogen-bond acceptors (Lipinski definition) is 6. The minimum absolute atomic E-state index is 0.00476. The summed E-state index contributed by atoms with van der Waals surface area (Å²) in [7, 11) is 1.25. The lowest BCUT2D eigenvalue weighted by Gasteiger charge is -2.29. The fraction of sp³-hybridized carbons (Fsp3) is 0.764. The van der Waals surface area contributed by atoms with Crippen LogP contribution in [0.25, 0.3) is 0 Å². The third kappa shape index (κ3) is 47.9. The molecule has 0 aliphatic rings. The van der Waals surface area contributed by atoms with Gasteiger partial charge < -0.3 is 28.8 Å². The van der Waals surface area contributed by atoms with Gasteiger partial charge in [-0.15, -0.1) is 0 Å². The van der Waals surface area contributed by atoms with Crippen LogP contribution >= 0.6 is 7.82 Å². The number of rotatable bonds is 47. The third-order valence-electron chi connectivity index (χ3n) is 11.4. The van der Waals surface area contributed by atoms with Crippen molar-refractivity contribution in [2.45, 2.75) is 231 Å². The Morgan fingerprint density at radius 2 is 0.906 bits per heavy atom. The molecule has 0 fully saturated rings. The lowest BCUT2D eigenvalue weighted by Crippen LogP contribution is -2.45. The SMILES string of the molecule is CCCCC/C=C\C/C=C\C/C=C\C/C=C\C/C=C\CCCCCCCCCCCCC(=O)NC(COP(=O)([O-])OCC[N+](C)(C)C)C(O)/C=C/CCCCCCCCCCCCC. The van der Waals surface area contributed by atoms with Gasteiger partial charge in [0.15, 0.2) is 0 Å². The fourth-order valence-electron chi connectivity index (χ4n) is 7.23. The molecule has 2 N–H and O–H groups in total. The molecule has 0 radical (unpaired) electrons. The molecule has 0 aliphatic carbocycles. The summed E-state index contributed by atoms with van der Waals surface area (Å²) in [6.45, 7) is 4.60. The lowest BCUT2D eigenvalue weighted by atomic mass is 10.0. The maximum Gasteiger partial charge on any atom is 0.268 e. The van der Waals surface area contributed by atoms with E-state index >= 15 is 0 Å². The van der Waals surface area contributed by atoms with E-state index in [0.29, 0.717) is 17.4 Å². The minimum Gasteiger partial charge on any atom is -0.756 e. The first kappa shape index (κ1) is 61.9. The Kier molecular flexibility index (Phi) is 44.6. The molecule has 9 heteroatoms. The molecule has 0 saturated heterocycles. The van der Waals surface area contributed by atoms with Crippen molar-refractivity contribution in [3.8, 4) is 0 Å². The van der Waals surface area contributed by atoms with E-state index in [1.807, 2.05) is 27.2 Å². The summed E-state index contributed by atoms with van der Waals surface area (Å²) in [5, 5.41) is 13.8. The van der Waals surface area contributed by atoms with E-state index in [2.05, 4.69) is 79.9 Å². The first-order valence-corrected chi connectivity index (χ1v) is 27.8. The normalized spacial score (nSPS) is 14.7. The van der Waals surface area contributed by atoms with Gasteiger partial charge in [-0.25, -0.2) is 0 Å². The maximum absolute atomic E-state index is 12.9. The van der Waals surface area contributed by atoms with Crippen LogP contribution in [0, 0.1) is 0 Å². The molecule has 0 rings (SSSR count). The number of hydrogen-bond donors (Lipinski definition) is 2. The van der Waals surface area contributed by atoms with Gasteiger partial charge in [0.25, 0.3) is 7.82 Å². The Bertz CT molecular complexity index is 1270. The van der Waals surface area contributed by atoms with Crippen LogP contribution in [0.2, 0.25) is 0 Å². The van der Waals surface area contributed by atoms with E-state index < -0.39 is 20.0 Å². The maximum atomic E-state index is 12.9. The molecule has 0 aromatic rings. The van der Waals surface area contributed by atoms with Crippen LogP contribution < -0.4 is 10.2 Å². The van der Waals surface area contributed by atoms with Gasteiger partial charge in [0.1, 0.15) is 13.2 Å². The molecule has 372 valence electrons. The van der Waals surface area contributed by atoms with Crippen LogP contribution in [-0.4, -0.2) is 68.5 Å². The number of allylic oxidation sites excluding steroid dienone is 11. The number of amides is 1. The second-order valence-corrected chi connectivity index (χ2v) is 20.3. The second kappa shape index (κ2) is 46.1. The number of likely N-dealkylation sites (N-methyl/N-ethyl adjacent to an activating group) is 1. The summed E-state index contributed by atoms with van der Waals surface area (Å²) in [5.41, 5.74) is 0. The molecule has 3 unspecified atom stereocenters.